The van der Waals surface area contributed by atoms with E-state index in [2.05, 4.69) is 15.5 Å². The summed E-state index contributed by atoms with van der Waals surface area (Å²) >= 11 is 1.32. The molecule has 0 spiro atoms. The highest BCUT2D eigenvalue weighted by Gasteiger charge is 2.13. The average molecular weight is 271 g/mol. The maximum Gasteiger partial charge on any atom is 0.304 e. The Labute approximate surface area is 110 Å². The van der Waals surface area contributed by atoms with Crippen molar-refractivity contribution in [3.63, 3.8) is 0 Å². The molecule has 0 bridgehead atoms. The number of nitrogens with one attached hydrogen (secondary N) is 2. The average Bonchev–Trinajstić information content (AvgIpc) is 2.57. The Balaban J connectivity index is 2.41. The number of aromatic nitrogens is 2. The molecule has 100 valence electrons. The van der Waals surface area contributed by atoms with E-state index >= 15 is 0 Å². The van der Waals surface area contributed by atoms with Gasteiger partial charge in [0.05, 0.1) is 29.2 Å². The molecule has 1 heterocycles. The van der Waals surface area contributed by atoms with Gasteiger partial charge in [-0.3, -0.25) is 14.7 Å². The number of carbonyl (C=O) groups is 2. The third-order valence-electron chi connectivity index (χ3n) is 2.35. The van der Waals surface area contributed by atoms with Gasteiger partial charge in [0.1, 0.15) is 0 Å². The molecule has 0 fully saturated rings. The number of amides is 1. The zero-order chi connectivity index (χ0) is 13.7. The van der Waals surface area contributed by atoms with Crippen LogP contribution in [0.1, 0.15) is 24.7 Å². The predicted octanol–water partition coefficient (Wildman–Crippen LogP) is 1.56. The van der Waals surface area contributed by atoms with Crippen LogP contribution in [0.3, 0.4) is 0 Å². The molecule has 1 aromatic rings. The largest absolute Gasteiger partial charge is 0.481 e. The zero-order valence-electron chi connectivity index (χ0n) is 10.6. The maximum atomic E-state index is 11.7. The molecule has 6 nitrogen and oxygen atoms in total. The van der Waals surface area contributed by atoms with E-state index < -0.39 is 5.97 Å². The van der Waals surface area contributed by atoms with Crippen LogP contribution >= 0.6 is 11.8 Å². The summed E-state index contributed by atoms with van der Waals surface area (Å²) in [4.78, 5) is 22.2. The molecule has 18 heavy (non-hydrogen) atoms. The highest BCUT2D eigenvalue weighted by Crippen LogP contribution is 2.18. The highest BCUT2D eigenvalue weighted by atomic mass is 32.2. The molecule has 1 rings (SSSR count). The van der Waals surface area contributed by atoms with Gasteiger partial charge in [-0.1, -0.05) is 6.92 Å². The van der Waals surface area contributed by atoms with Crippen LogP contribution in [-0.4, -0.2) is 38.2 Å². The van der Waals surface area contributed by atoms with Gasteiger partial charge in [-0.15, -0.1) is 11.8 Å². The molecule has 0 aliphatic rings. The van der Waals surface area contributed by atoms with Crippen LogP contribution in [-0.2, 0) is 9.59 Å². The smallest absolute Gasteiger partial charge is 0.304 e. The second-order valence-electron chi connectivity index (χ2n) is 4.08. The van der Waals surface area contributed by atoms with E-state index in [0.717, 1.165) is 11.4 Å². The van der Waals surface area contributed by atoms with E-state index in [9.17, 15) is 9.59 Å². The van der Waals surface area contributed by atoms with Gasteiger partial charge in [-0.2, -0.15) is 5.10 Å². The Morgan fingerprint density at radius 1 is 1.50 bits per heavy atom. The number of thioether (sulfide) groups is 1. The van der Waals surface area contributed by atoms with E-state index in [1.54, 1.807) is 13.8 Å². The summed E-state index contributed by atoms with van der Waals surface area (Å²) < 4.78 is 0. The summed E-state index contributed by atoms with van der Waals surface area (Å²) in [6.07, 6.45) is 0.0573. The van der Waals surface area contributed by atoms with Gasteiger partial charge in [0.25, 0.3) is 0 Å². The fourth-order valence-electron chi connectivity index (χ4n) is 1.43. The van der Waals surface area contributed by atoms with Gasteiger partial charge in [-0.05, 0) is 13.8 Å². The molecule has 0 aliphatic heterocycles. The van der Waals surface area contributed by atoms with E-state index in [0.29, 0.717) is 5.69 Å². The monoisotopic (exact) mass is 271 g/mol. The topological polar surface area (TPSA) is 95.1 Å². The van der Waals surface area contributed by atoms with Gasteiger partial charge in [0.15, 0.2) is 0 Å². The number of anilines is 1. The SMILES string of the molecule is Cc1n[nH]c(C)c1NC(=O)CSC(C)CC(=O)O. The number of carboxylic acids is 1. The Kier molecular flexibility index (Phi) is 5.21. The minimum absolute atomic E-state index is 0.0573. The Hall–Kier alpha value is -1.50. The van der Waals surface area contributed by atoms with Crippen molar-refractivity contribution in [1.29, 1.82) is 0 Å². The lowest BCUT2D eigenvalue weighted by Gasteiger charge is -2.09. The van der Waals surface area contributed by atoms with Gasteiger partial charge in [0.2, 0.25) is 5.91 Å². The number of aromatic amines is 1. The molecule has 1 aromatic heterocycles. The number of H-pyrrole nitrogens is 1. The van der Waals surface area contributed by atoms with Crippen molar-refractivity contribution in [3.05, 3.63) is 11.4 Å². The molecular weight excluding hydrogens is 254 g/mol. The van der Waals surface area contributed by atoms with Crippen LogP contribution in [0, 0.1) is 13.8 Å². The predicted molar refractivity (Wildman–Crippen MR) is 70.9 cm³/mol. The normalized spacial score (nSPS) is 12.2. The van der Waals surface area contributed by atoms with Crippen molar-refractivity contribution in [1.82, 2.24) is 10.2 Å². The highest BCUT2D eigenvalue weighted by molar-refractivity contribution is 8.00. The summed E-state index contributed by atoms with van der Waals surface area (Å²) in [6.45, 7) is 5.43. The van der Waals surface area contributed by atoms with Crippen molar-refractivity contribution < 1.29 is 14.7 Å². The molecular formula is C11H17N3O3S. The van der Waals surface area contributed by atoms with E-state index in [1.165, 1.54) is 11.8 Å². The first-order chi connectivity index (χ1) is 8.40. The lowest BCUT2D eigenvalue weighted by atomic mass is 10.3. The maximum absolute atomic E-state index is 11.7. The standard InChI is InChI=1S/C11H17N3O3S/c1-6(4-10(16)17)18-5-9(15)12-11-7(2)13-14-8(11)3/h6H,4-5H2,1-3H3,(H,12,15)(H,13,14)(H,16,17). The van der Waals surface area contributed by atoms with Gasteiger partial charge < -0.3 is 10.4 Å². The number of aliphatic carboxylic acids is 1. The molecule has 0 saturated carbocycles. The molecule has 1 amide bonds. The Morgan fingerprint density at radius 3 is 2.67 bits per heavy atom. The number of carbonyl (C=O) groups excluding carboxylic acids is 1. The van der Waals surface area contributed by atoms with Crippen molar-refractivity contribution >= 4 is 29.3 Å². The van der Waals surface area contributed by atoms with Crippen LogP contribution in [0.15, 0.2) is 0 Å². The third kappa shape index (κ3) is 4.40. The molecule has 1 unspecified atom stereocenters. The Morgan fingerprint density at radius 2 is 2.17 bits per heavy atom. The van der Waals surface area contributed by atoms with E-state index in [1.807, 2.05) is 6.92 Å². The van der Waals surface area contributed by atoms with Crippen molar-refractivity contribution in [3.8, 4) is 0 Å². The van der Waals surface area contributed by atoms with Crippen LogP contribution in [0.2, 0.25) is 0 Å². The summed E-state index contributed by atoms with van der Waals surface area (Å²) in [5.41, 5.74) is 2.25. The third-order valence-corrected chi connectivity index (χ3v) is 3.52. The van der Waals surface area contributed by atoms with Crippen LogP contribution in [0.5, 0.6) is 0 Å². The summed E-state index contributed by atoms with van der Waals surface area (Å²) in [6, 6.07) is 0. The molecule has 0 aromatic carbocycles. The molecule has 0 saturated heterocycles. The number of nitrogens with zero attached hydrogens (tertiary/aromatic N) is 1. The quantitative estimate of drug-likeness (QED) is 0.730. The van der Waals surface area contributed by atoms with Crippen LogP contribution in [0.4, 0.5) is 5.69 Å². The summed E-state index contributed by atoms with van der Waals surface area (Å²) in [7, 11) is 0. The lowest BCUT2D eigenvalue weighted by molar-refractivity contribution is -0.136. The molecule has 0 aliphatic carbocycles. The van der Waals surface area contributed by atoms with E-state index in [4.69, 9.17) is 5.11 Å². The molecule has 1 atom stereocenters. The van der Waals surface area contributed by atoms with Crippen molar-refractivity contribution in [2.75, 3.05) is 11.1 Å². The van der Waals surface area contributed by atoms with Gasteiger partial charge in [-0.25, -0.2) is 0 Å². The minimum Gasteiger partial charge on any atom is -0.481 e. The lowest BCUT2D eigenvalue weighted by Crippen LogP contribution is -2.17. The number of aryl methyl sites for hydroxylation is 2. The second kappa shape index (κ2) is 6.44. The minimum atomic E-state index is -0.850. The Bertz CT molecular complexity index is 425. The first kappa shape index (κ1) is 14.6. The number of carboxylic acid groups (broad SMARTS) is 1. The van der Waals surface area contributed by atoms with E-state index in [-0.39, 0.29) is 23.3 Å². The fraction of sp³-hybridized carbons (Fsp3) is 0.545. The summed E-state index contributed by atoms with van der Waals surface area (Å²) in [5, 5.41) is 18.0. The number of hydrogen-bond acceptors (Lipinski definition) is 4. The zero-order valence-corrected chi connectivity index (χ0v) is 11.4. The van der Waals surface area contributed by atoms with Crippen LogP contribution < -0.4 is 5.32 Å². The van der Waals surface area contributed by atoms with Gasteiger partial charge in [0, 0.05) is 5.25 Å². The first-order valence-electron chi connectivity index (χ1n) is 5.55. The van der Waals surface area contributed by atoms with Gasteiger partial charge >= 0.3 is 5.97 Å². The first-order valence-corrected chi connectivity index (χ1v) is 6.59. The number of rotatable bonds is 6. The fourth-order valence-corrected chi connectivity index (χ4v) is 2.20. The molecule has 0 radical (unpaired) electrons. The summed E-state index contributed by atoms with van der Waals surface area (Å²) in [5.74, 6) is -0.764. The van der Waals surface area contributed by atoms with Crippen molar-refractivity contribution in [2.45, 2.75) is 32.4 Å². The van der Waals surface area contributed by atoms with Crippen LogP contribution in [0.25, 0.3) is 0 Å². The molecule has 3 N–H and O–H groups in total. The number of hydrogen-bond donors (Lipinski definition) is 3. The molecule has 7 heteroatoms. The van der Waals surface area contributed by atoms with Crippen molar-refractivity contribution in [2.24, 2.45) is 0 Å². The second-order valence-corrected chi connectivity index (χ2v) is 5.50.